The largest absolute Gasteiger partial charge is 0.341 e. The first-order chi connectivity index (χ1) is 10.2. The van der Waals surface area contributed by atoms with E-state index in [-0.39, 0.29) is 5.91 Å². The molecular weight excluding hydrogens is 268 g/mol. The van der Waals surface area contributed by atoms with E-state index in [9.17, 15) is 4.79 Å². The molecule has 0 saturated carbocycles. The highest BCUT2D eigenvalue weighted by Crippen LogP contribution is 2.21. The minimum atomic E-state index is 0.217. The second-order valence-corrected chi connectivity index (χ2v) is 6.11. The van der Waals surface area contributed by atoms with Gasteiger partial charge in [0, 0.05) is 32.0 Å². The lowest BCUT2D eigenvalue weighted by Crippen LogP contribution is -2.49. The molecule has 116 valence electrons. The van der Waals surface area contributed by atoms with Crippen molar-refractivity contribution in [1.29, 1.82) is 0 Å². The van der Waals surface area contributed by atoms with E-state index in [0.29, 0.717) is 30.6 Å². The van der Waals surface area contributed by atoms with Gasteiger partial charge in [-0.05, 0) is 45.7 Å². The quantitative estimate of drug-likeness (QED) is 0.839. The molecular formula is C15H24N4O2. The van der Waals surface area contributed by atoms with Gasteiger partial charge >= 0.3 is 0 Å². The lowest BCUT2D eigenvalue weighted by molar-refractivity contribution is -0.133. The van der Waals surface area contributed by atoms with Crippen LogP contribution in [0.1, 0.15) is 43.8 Å². The van der Waals surface area contributed by atoms with Crippen molar-refractivity contribution >= 4 is 5.91 Å². The minimum Gasteiger partial charge on any atom is -0.341 e. The summed E-state index contributed by atoms with van der Waals surface area (Å²) in [6, 6.07) is 0.566. The molecule has 0 N–H and O–H groups in total. The monoisotopic (exact) mass is 292 g/mol. The highest BCUT2D eigenvalue weighted by Gasteiger charge is 2.29. The summed E-state index contributed by atoms with van der Waals surface area (Å²) >= 11 is 0. The van der Waals surface area contributed by atoms with Crippen molar-refractivity contribution in [2.75, 3.05) is 26.2 Å². The summed E-state index contributed by atoms with van der Waals surface area (Å²) in [6.07, 6.45) is 5.97. The van der Waals surface area contributed by atoms with Crippen LogP contribution >= 0.6 is 0 Å². The van der Waals surface area contributed by atoms with Gasteiger partial charge in [-0.15, -0.1) is 0 Å². The number of piperidine rings is 1. The third-order valence-electron chi connectivity index (χ3n) is 4.53. The molecule has 1 atom stereocenters. The summed E-state index contributed by atoms with van der Waals surface area (Å²) in [7, 11) is 0. The number of hydrogen-bond acceptors (Lipinski definition) is 5. The second kappa shape index (κ2) is 6.56. The predicted molar refractivity (Wildman–Crippen MR) is 77.8 cm³/mol. The summed E-state index contributed by atoms with van der Waals surface area (Å²) < 4.78 is 5.06. The van der Waals surface area contributed by atoms with E-state index < -0.39 is 0 Å². The van der Waals surface area contributed by atoms with E-state index in [1.165, 1.54) is 32.4 Å². The van der Waals surface area contributed by atoms with Crippen LogP contribution in [-0.2, 0) is 11.2 Å². The van der Waals surface area contributed by atoms with Crippen LogP contribution < -0.4 is 0 Å². The summed E-state index contributed by atoms with van der Waals surface area (Å²) in [6.45, 7) is 5.98. The summed E-state index contributed by atoms with van der Waals surface area (Å²) in [5.41, 5.74) is 0. The molecule has 2 saturated heterocycles. The smallest absolute Gasteiger partial charge is 0.227 e. The molecule has 1 aromatic rings. The second-order valence-electron chi connectivity index (χ2n) is 6.11. The SMILES string of the molecule is Cc1noc(CCC(=O)N2CCC[C@H](N3CCCC3)C2)n1. The zero-order chi connectivity index (χ0) is 14.7. The Balaban J connectivity index is 1.49. The molecule has 0 radical (unpaired) electrons. The van der Waals surface area contributed by atoms with E-state index in [1.54, 1.807) is 6.92 Å². The van der Waals surface area contributed by atoms with Crippen molar-refractivity contribution in [3.63, 3.8) is 0 Å². The molecule has 6 heteroatoms. The Kier molecular flexibility index (Phi) is 4.53. The summed E-state index contributed by atoms with van der Waals surface area (Å²) in [5, 5.41) is 3.75. The molecule has 0 aliphatic carbocycles. The standard InChI is InChI=1S/C15H24N4O2/c1-12-16-14(21-17-12)6-7-15(20)19-10-4-5-13(11-19)18-8-2-3-9-18/h13H,2-11H2,1H3/t13-/m0/s1. The van der Waals surface area contributed by atoms with Gasteiger partial charge in [-0.2, -0.15) is 4.98 Å². The molecule has 0 unspecified atom stereocenters. The number of rotatable bonds is 4. The average molecular weight is 292 g/mol. The molecule has 2 fully saturated rings. The molecule has 0 aromatic carbocycles. The van der Waals surface area contributed by atoms with Gasteiger partial charge < -0.3 is 9.42 Å². The average Bonchev–Trinajstić information content (AvgIpc) is 3.16. The highest BCUT2D eigenvalue weighted by molar-refractivity contribution is 5.76. The number of carbonyl (C=O) groups excluding carboxylic acids is 1. The van der Waals surface area contributed by atoms with Crippen molar-refractivity contribution in [2.45, 2.75) is 51.5 Å². The number of carbonyl (C=O) groups is 1. The summed E-state index contributed by atoms with van der Waals surface area (Å²) in [4.78, 5) is 21.1. The molecule has 1 amide bonds. The van der Waals surface area contributed by atoms with Crippen LogP contribution in [0.4, 0.5) is 0 Å². The zero-order valence-corrected chi connectivity index (χ0v) is 12.8. The summed E-state index contributed by atoms with van der Waals surface area (Å²) in [5.74, 6) is 1.41. The third kappa shape index (κ3) is 3.61. The van der Waals surface area contributed by atoms with Gasteiger partial charge in [0.15, 0.2) is 5.82 Å². The Morgan fingerprint density at radius 1 is 1.29 bits per heavy atom. The molecule has 2 aliphatic heterocycles. The number of aromatic nitrogens is 2. The van der Waals surface area contributed by atoms with Crippen LogP contribution in [0.2, 0.25) is 0 Å². The zero-order valence-electron chi connectivity index (χ0n) is 12.8. The first kappa shape index (κ1) is 14.5. The number of likely N-dealkylation sites (tertiary alicyclic amines) is 2. The number of hydrogen-bond donors (Lipinski definition) is 0. The van der Waals surface area contributed by atoms with Crippen molar-refractivity contribution in [1.82, 2.24) is 19.9 Å². The first-order valence-corrected chi connectivity index (χ1v) is 8.03. The fourth-order valence-electron chi connectivity index (χ4n) is 3.40. The number of nitrogens with zero attached hydrogens (tertiary/aromatic N) is 4. The van der Waals surface area contributed by atoms with Gasteiger partial charge in [0.1, 0.15) is 0 Å². The fraction of sp³-hybridized carbons (Fsp3) is 0.800. The predicted octanol–water partition coefficient (Wildman–Crippen LogP) is 1.40. The third-order valence-corrected chi connectivity index (χ3v) is 4.53. The van der Waals surface area contributed by atoms with Crippen molar-refractivity contribution in [3.8, 4) is 0 Å². The van der Waals surface area contributed by atoms with Crippen LogP contribution in [0, 0.1) is 6.92 Å². The van der Waals surface area contributed by atoms with E-state index in [1.807, 2.05) is 4.90 Å². The van der Waals surface area contributed by atoms with Crippen LogP contribution in [0.15, 0.2) is 4.52 Å². The topological polar surface area (TPSA) is 62.5 Å². The highest BCUT2D eigenvalue weighted by atomic mass is 16.5. The maximum atomic E-state index is 12.4. The Morgan fingerprint density at radius 3 is 2.81 bits per heavy atom. The minimum absolute atomic E-state index is 0.217. The van der Waals surface area contributed by atoms with Crippen LogP contribution in [-0.4, -0.2) is 58.1 Å². The Morgan fingerprint density at radius 2 is 2.10 bits per heavy atom. The molecule has 6 nitrogen and oxygen atoms in total. The maximum Gasteiger partial charge on any atom is 0.227 e. The van der Waals surface area contributed by atoms with E-state index >= 15 is 0 Å². The van der Waals surface area contributed by atoms with E-state index in [2.05, 4.69) is 15.0 Å². The molecule has 0 spiro atoms. The van der Waals surface area contributed by atoms with E-state index in [0.717, 1.165) is 19.5 Å². The first-order valence-electron chi connectivity index (χ1n) is 8.03. The fourth-order valence-corrected chi connectivity index (χ4v) is 3.40. The van der Waals surface area contributed by atoms with Crippen LogP contribution in [0.5, 0.6) is 0 Å². The number of aryl methyl sites for hydroxylation is 2. The van der Waals surface area contributed by atoms with Gasteiger partial charge in [-0.3, -0.25) is 9.69 Å². The molecule has 3 rings (SSSR count). The maximum absolute atomic E-state index is 12.4. The normalized spacial score (nSPS) is 23.7. The molecule has 0 bridgehead atoms. The Hall–Kier alpha value is -1.43. The van der Waals surface area contributed by atoms with Gasteiger partial charge in [0.25, 0.3) is 0 Å². The van der Waals surface area contributed by atoms with Gasteiger partial charge in [0.2, 0.25) is 11.8 Å². The van der Waals surface area contributed by atoms with Crippen LogP contribution in [0.3, 0.4) is 0 Å². The van der Waals surface area contributed by atoms with Crippen molar-refractivity contribution < 1.29 is 9.32 Å². The van der Waals surface area contributed by atoms with Crippen LogP contribution in [0.25, 0.3) is 0 Å². The Bertz CT molecular complexity index is 482. The molecule has 21 heavy (non-hydrogen) atoms. The van der Waals surface area contributed by atoms with E-state index in [4.69, 9.17) is 4.52 Å². The van der Waals surface area contributed by atoms with Gasteiger partial charge in [0.05, 0.1) is 0 Å². The molecule has 2 aliphatic rings. The Labute approximate surface area is 125 Å². The number of amides is 1. The van der Waals surface area contributed by atoms with Gasteiger partial charge in [-0.25, -0.2) is 0 Å². The van der Waals surface area contributed by atoms with Crippen molar-refractivity contribution in [2.24, 2.45) is 0 Å². The molecule has 3 heterocycles. The molecule has 1 aromatic heterocycles. The lowest BCUT2D eigenvalue weighted by atomic mass is 10.0. The van der Waals surface area contributed by atoms with Crippen molar-refractivity contribution in [3.05, 3.63) is 11.7 Å². The van der Waals surface area contributed by atoms with Gasteiger partial charge in [-0.1, -0.05) is 5.16 Å². The lowest BCUT2D eigenvalue weighted by Gasteiger charge is -2.37.